The summed E-state index contributed by atoms with van der Waals surface area (Å²) in [6.07, 6.45) is 1.03. The van der Waals surface area contributed by atoms with Gasteiger partial charge in [-0.15, -0.1) is 0 Å². The van der Waals surface area contributed by atoms with Crippen LogP contribution in [0.2, 0.25) is 0 Å². The van der Waals surface area contributed by atoms with Gasteiger partial charge in [0.1, 0.15) is 6.73 Å². The Labute approximate surface area is 67.4 Å². The lowest BCUT2D eigenvalue weighted by Gasteiger charge is -2.04. The maximum atomic E-state index is 10.7. The first-order valence-electron chi connectivity index (χ1n) is 3.71. The van der Waals surface area contributed by atoms with Gasteiger partial charge in [-0.05, 0) is 19.9 Å². The highest BCUT2D eigenvalue weighted by molar-refractivity contribution is 5.86. The van der Waals surface area contributed by atoms with Crippen LogP contribution < -0.4 is 5.32 Å². The van der Waals surface area contributed by atoms with Crippen molar-refractivity contribution in [3.8, 4) is 0 Å². The van der Waals surface area contributed by atoms with Crippen LogP contribution in [0.25, 0.3) is 0 Å². The molecule has 3 nitrogen and oxygen atoms in total. The molecule has 0 aromatic rings. The average molecular weight is 157 g/mol. The van der Waals surface area contributed by atoms with E-state index in [4.69, 9.17) is 4.74 Å². The van der Waals surface area contributed by atoms with E-state index in [1.54, 1.807) is 6.92 Å². The summed E-state index contributed by atoms with van der Waals surface area (Å²) in [6, 6.07) is 0. The van der Waals surface area contributed by atoms with Gasteiger partial charge in [0.05, 0.1) is 0 Å². The van der Waals surface area contributed by atoms with E-state index in [2.05, 4.69) is 11.9 Å². The third-order valence-electron chi connectivity index (χ3n) is 1.08. The largest absolute Gasteiger partial charge is 0.446 e. The van der Waals surface area contributed by atoms with E-state index >= 15 is 0 Å². The molecule has 0 aliphatic carbocycles. The standard InChI is InChI=1S/C8H15NO2/c1-4-5-9-6-11-8(10)7(2)3/h9H,2,4-6H2,1,3H3. The molecule has 0 saturated heterocycles. The maximum absolute atomic E-state index is 10.7. The van der Waals surface area contributed by atoms with E-state index < -0.39 is 0 Å². The molecule has 0 aliphatic heterocycles. The van der Waals surface area contributed by atoms with Crippen molar-refractivity contribution in [3.05, 3.63) is 12.2 Å². The molecule has 0 heterocycles. The molecular weight excluding hydrogens is 142 g/mol. The Balaban J connectivity index is 3.25. The van der Waals surface area contributed by atoms with Gasteiger partial charge < -0.3 is 4.74 Å². The number of esters is 1. The molecule has 0 rings (SSSR count). The number of carbonyl (C=O) groups is 1. The van der Waals surface area contributed by atoms with Crippen LogP contribution in [0.15, 0.2) is 12.2 Å². The van der Waals surface area contributed by atoms with Crippen molar-refractivity contribution in [2.75, 3.05) is 13.3 Å². The molecule has 1 N–H and O–H groups in total. The second-order valence-corrected chi connectivity index (χ2v) is 2.36. The number of carbonyl (C=O) groups excluding carboxylic acids is 1. The predicted octanol–water partition coefficient (Wildman–Crippen LogP) is 1.06. The fourth-order valence-electron chi connectivity index (χ4n) is 0.489. The van der Waals surface area contributed by atoms with Gasteiger partial charge in [0.2, 0.25) is 0 Å². The van der Waals surface area contributed by atoms with E-state index in [1.807, 2.05) is 6.92 Å². The minimum Gasteiger partial charge on any atom is -0.446 e. The van der Waals surface area contributed by atoms with Crippen molar-refractivity contribution >= 4 is 5.97 Å². The van der Waals surface area contributed by atoms with Crippen molar-refractivity contribution in [1.82, 2.24) is 5.32 Å². The minimum absolute atomic E-state index is 0.277. The topological polar surface area (TPSA) is 38.3 Å². The molecule has 0 spiro atoms. The van der Waals surface area contributed by atoms with Crippen LogP contribution >= 0.6 is 0 Å². The summed E-state index contributed by atoms with van der Waals surface area (Å²) in [4.78, 5) is 10.7. The number of nitrogens with one attached hydrogen (secondary N) is 1. The number of rotatable bonds is 5. The predicted molar refractivity (Wildman–Crippen MR) is 44.1 cm³/mol. The summed E-state index contributed by atoms with van der Waals surface area (Å²) >= 11 is 0. The van der Waals surface area contributed by atoms with Gasteiger partial charge in [-0.1, -0.05) is 13.5 Å². The van der Waals surface area contributed by atoms with Crippen LogP contribution in [0.5, 0.6) is 0 Å². The summed E-state index contributed by atoms with van der Waals surface area (Å²) in [6.45, 7) is 8.27. The molecular formula is C8H15NO2. The fraction of sp³-hybridized carbons (Fsp3) is 0.625. The summed E-state index contributed by atoms with van der Waals surface area (Å²) in [7, 11) is 0. The highest BCUT2D eigenvalue weighted by Crippen LogP contribution is 1.89. The van der Waals surface area contributed by atoms with Gasteiger partial charge in [-0.25, -0.2) is 4.79 Å². The highest BCUT2D eigenvalue weighted by atomic mass is 16.5. The lowest BCUT2D eigenvalue weighted by Crippen LogP contribution is -2.21. The Morgan fingerprint density at radius 2 is 2.27 bits per heavy atom. The highest BCUT2D eigenvalue weighted by Gasteiger charge is 2.00. The minimum atomic E-state index is -0.339. The van der Waals surface area contributed by atoms with Crippen LogP contribution in [-0.2, 0) is 9.53 Å². The molecule has 0 aromatic carbocycles. The van der Waals surface area contributed by atoms with Crippen molar-refractivity contribution in [2.45, 2.75) is 20.3 Å². The lowest BCUT2D eigenvalue weighted by atomic mass is 10.4. The third kappa shape index (κ3) is 5.61. The first kappa shape index (κ1) is 10.2. The SMILES string of the molecule is C=C(C)C(=O)OCNCCC. The second-order valence-electron chi connectivity index (χ2n) is 2.36. The van der Waals surface area contributed by atoms with Gasteiger partial charge in [0.15, 0.2) is 0 Å². The summed E-state index contributed by atoms with van der Waals surface area (Å²) < 4.78 is 4.76. The Hall–Kier alpha value is -0.830. The molecule has 0 atom stereocenters. The molecule has 64 valence electrons. The number of ether oxygens (including phenoxy) is 1. The zero-order chi connectivity index (χ0) is 8.69. The van der Waals surface area contributed by atoms with E-state index in [0.29, 0.717) is 5.57 Å². The third-order valence-corrected chi connectivity index (χ3v) is 1.08. The first-order chi connectivity index (χ1) is 5.18. The fourth-order valence-corrected chi connectivity index (χ4v) is 0.489. The zero-order valence-electron chi connectivity index (χ0n) is 7.14. The smallest absolute Gasteiger partial charge is 0.334 e. The van der Waals surface area contributed by atoms with E-state index in [0.717, 1.165) is 13.0 Å². The summed E-state index contributed by atoms with van der Waals surface area (Å²) in [5, 5.41) is 2.94. The Kier molecular flexibility index (Phi) is 5.47. The van der Waals surface area contributed by atoms with Gasteiger partial charge in [-0.3, -0.25) is 5.32 Å². The van der Waals surface area contributed by atoms with Gasteiger partial charge >= 0.3 is 5.97 Å². The quantitative estimate of drug-likeness (QED) is 0.281. The summed E-state index contributed by atoms with van der Waals surface area (Å²) in [5.41, 5.74) is 0.434. The maximum Gasteiger partial charge on any atom is 0.334 e. The van der Waals surface area contributed by atoms with Crippen LogP contribution in [0.1, 0.15) is 20.3 Å². The molecule has 3 heteroatoms. The van der Waals surface area contributed by atoms with Crippen LogP contribution in [0, 0.1) is 0 Å². The van der Waals surface area contributed by atoms with E-state index in [1.165, 1.54) is 0 Å². The van der Waals surface area contributed by atoms with Crippen molar-refractivity contribution in [2.24, 2.45) is 0 Å². The molecule has 0 fully saturated rings. The second kappa shape index (κ2) is 5.92. The van der Waals surface area contributed by atoms with Crippen molar-refractivity contribution in [3.63, 3.8) is 0 Å². The molecule has 0 saturated carbocycles. The molecule has 0 bridgehead atoms. The molecule has 0 amide bonds. The first-order valence-corrected chi connectivity index (χ1v) is 3.71. The molecule has 0 aromatic heterocycles. The van der Waals surface area contributed by atoms with Crippen molar-refractivity contribution in [1.29, 1.82) is 0 Å². The zero-order valence-corrected chi connectivity index (χ0v) is 7.14. The van der Waals surface area contributed by atoms with E-state index in [-0.39, 0.29) is 12.7 Å². The number of hydrogen-bond acceptors (Lipinski definition) is 3. The Bertz CT molecular complexity index is 143. The molecule has 11 heavy (non-hydrogen) atoms. The monoisotopic (exact) mass is 157 g/mol. The van der Waals surface area contributed by atoms with Crippen LogP contribution in [-0.4, -0.2) is 19.2 Å². The van der Waals surface area contributed by atoms with Crippen molar-refractivity contribution < 1.29 is 9.53 Å². The van der Waals surface area contributed by atoms with Gasteiger partial charge in [-0.2, -0.15) is 0 Å². The normalized spacial score (nSPS) is 9.27. The molecule has 0 radical (unpaired) electrons. The Morgan fingerprint density at radius 3 is 2.73 bits per heavy atom. The van der Waals surface area contributed by atoms with Gasteiger partial charge in [0, 0.05) is 5.57 Å². The number of hydrogen-bond donors (Lipinski definition) is 1. The Morgan fingerprint density at radius 1 is 1.64 bits per heavy atom. The average Bonchev–Trinajstić information content (AvgIpc) is 1.97. The van der Waals surface area contributed by atoms with Gasteiger partial charge in [0.25, 0.3) is 0 Å². The van der Waals surface area contributed by atoms with E-state index in [9.17, 15) is 4.79 Å². The van der Waals surface area contributed by atoms with Crippen LogP contribution in [0.4, 0.5) is 0 Å². The molecule has 0 unspecified atom stereocenters. The summed E-state index contributed by atoms with van der Waals surface area (Å²) in [5.74, 6) is -0.339. The van der Waals surface area contributed by atoms with Crippen LogP contribution in [0.3, 0.4) is 0 Å². The molecule has 0 aliphatic rings. The lowest BCUT2D eigenvalue weighted by molar-refractivity contribution is -0.139.